The predicted octanol–water partition coefficient (Wildman–Crippen LogP) is -0.242. The van der Waals surface area contributed by atoms with Gasteiger partial charge < -0.3 is 10.2 Å². The molecule has 0 aromatic heterocycles. The molecular formula is C10H21N3O. The van der Waals surface area contributed by atoms with Crippen LogP contribution in [0.2, 0.25) is 0 Å². The lowest BCUT2D eigenvalue weighted by molar-refractivity contribution is -0.137. The Bertz CT molecular complexity index is 196. The Morgan fingerprint density at radius 3 is 2.86 bits per heavy atom. The molecule has 0 aliphatic carbocycles. The molecule has 0 bridgehead atoms. The summed E-state index contributed by atoms with van der Waals surface area (Å²) in [6.45, 7) is 5.38. The summed E-state index contributed by atoms with van der Waals surface area (Å²) in [5, 5.41) is 3.17. The zero-order valence-electron chi connectivity index (χ0n) is 9.42. The summed E-state index contributed by atoms with van der Waals surface area (Å²) in [4.78, 5) is 15.7. The van der Waals surface area contributed by atoms with Crippen molar-refractivity contribution in [3.8, 4) is 0 Å². The molecule has 0 spiro atoms. The highest BCUT2D eigenvalue weighted by atomic mass is 16.2. The fourth-order valence-corrected chi connectivity index (χ4v) is 1.88. The average Bonchev–Trinajstić information content (AvgIpc) is 2.14. The fraction of sp³-hybridized carbons (Fsp3) is 0.900. The first-order valence-corrected chi connectivity index (χ1v) is 5.31. The topological polar surface area (TPSA) is 35.6 Å². The van der Waals surface area contributed by atoms with Crippen LogP contribution in [0.1, 0.15) is 13.3 Å². The average molecular weight is 199 g/mol. The number of hydrogen-bond donors (Lipinski definition) is 1. The van der Waals surface area contributed by atoms with Gasteiger partial charge in [0.15, 0.2) is 0 Å². The standard InChI is InChI=1S/C10H21N3O/c1-4-5-13-7-9(6-11-2)12(3)8-10(13)14/h9,11H,4-8H2,1-3H3. The Hall–Kier alpha value is -0.610. The summed E-state index contributed by atoms with van der Waals surface area (Å²) >= 11 is 0. The van der Waals surface area contributed by atoms with E-state index in [-0.39, 0.29) is 5.91 Å². The van der Waals surface area contributed by atoms with Gasteiger partial charge in [0.1, 0.15) is 0 Å². The van der Waals surface area contributed by atoms with Gasteiger partial charge in [0.2, 0.25) is 5.91 Å². The van der Waals surface area contributed by atoms with E-state index in [4.69, 9.17) is 0 Å². The minimum Gasteiger partial charge on any atom is -0.340 e. The van der Waals surface area contributed by atoms with Gasteiger partial charge in [0, 0.05) is 25.7 Å². The first-order chi connectivity index (χ1) is 6.69. The summed E-state index contributed by atoms with van der Waals surface area (Å²) in [5.41, 5.74) is 0. The molecule has 0 radical (unpaired) electrons. The molecule has 82 valence electrons. The van der Waals surface area contributed by atoms with Crippen molar-refractivity contribution in [1.29, 1.82) is 0 Å². The van der Waals surface area contributed by atoms with E-state index in [1.807, 2.05) is 19.0 Å². The molecule has 1 fully saturated rings. The van der Waals surface area contributed by atoms with Crippen molar-refractivity contribution in [2.24, 2.45) is 0 Å². The fourth-order valence-electron chi connectivity index (χ4n) is 1.88. The summed E-state index contributed by atoms with van der Waals surface area (Å²) < 4.78 is 0. The number of amides is 1. The molecule has 1 aliphatic heterocycles. The van der Waals surface area contributed by atoms with E-state index in [1.54, 1.807) is 0 Å². The van der Waals surface area contributed by atoms with Crippen molar-refractivity contribution in [2.45, 2.75) is 19.4 Å². The molecule has 1 heterocycles. The molecule has 4 heteroatoms. The monoisotopic (exact) mass is 199 g/mol. The van der Waals surface area contributed by atoms with Crippen LogP contribution in [-0.4, -0.2) is 62.0 Å². The van der Waals surface area contributed by atoms with Crippen molar-refractivity contribution in [3.05, 3.63) is 0 Å². The second kappa shape index (κ2) is 5.32. The molecule has 1 unspecified atom stereocenters. The van der Waals surface area contributed by atoms with Crippen LogP contribution in [0.4, 0.5) is 0 Å². The molecule has 1 aliphatic rings. The largest absolute Gasteiger partial charge is 0.340 e. The van der Waals surface area contributed by atoms with Gasteiger partial charge in [0.25, 0.3) is 0 Å². The van der Waals surface area contributed by atoms with E-state index < -0.39 is 0 Å². The maximum atomic E-state index is 11.6. The molecule has 4 nitrogen and oxygen atoms in total. The second-order valence-electron chi connectivity index (χ2n) is 3.97. The van der Waals surface area contributed by atoms with Crippen molar-refractivity contribution in [1.82, 2.24) is 15.1 Å². The maximum absolute atomic E-state index is 11.6. The van der Waals surface area contributed by atoms with E-state index in [0.717, 1.165) is 26.1 Å². The normalized spacial score (nSPS) is 24.4. The van der Waals surface area contributed by atoms with Crippen LogP contribution in [0.3, 0.4) is 0 Å². The predicted molar refractivity (Wildman–Crippen MR) is 57.2 cm³/mol. The third-order valence-electron chi connectivity index (χ3n) is 2.73. The van der Waals surface area contributed by atoms with E-state index >= 15 is 0 Å². The Morgan fingerprint density at radius 1 is 1.57 bits per heavy atom. The van der Waals surface area contributed by atoms with Crippen LogP contribution in [0.25, 0.3) is 0 Å². The molecule has 1 N–H and O–H groups in total. The highest BCUT2D eigenvalue weighted by molar-refractivity contribution is 5.79. The van der Waals surface area contributed by atoms with Gasteiger partial charge in [-0.15, -0.1) is 0 Å². The van der Waals surface area contributed by atoms with Gasteiger partial charge in [-0.1, -0.05) is 6.92 Å². The van der Waals surface area contributed by atoms with E-state index in [9.17, 15) is 4.79 Å². The third-order valence-corrected chi connectivity index (χ3v) is 2.73. The van der Waals surface area contributed by atoms with Gasteiger partial charge in [0.05, 0.1) is 6.54 Å². The minimum absolute atomic E-state index is 0.265. The lowest BCUT2D eigenvalue weighted by Crippen LogP contribution is -2.57. The zero-order chi connectivity index (χ0) is 10.6. The number of nitrogens with zero attached hydrogens (tertiary/aromatic N) is 2. The smallest absolute Gasteiger partial charge is 0.236 e. The molecule has 1 saturated heterocycles. The van der Waals surface area contributed by atoms with Crippen molar-refractivity contribution in [2.75, 3.05) is 40.3 Å². The van der Waals surface area contributed by atoms with Gasteiger partial charge >= 0.3 is 0 Å². The molecule has 1 atom stereocenters. The number of rotatable bonds is 4. The summed E-state index contributed by atoms with van der Waals surface area (Å²) in [6.07, 6.45) is 1.04. The van der Waals surface area contributed by atoms with Gasteiger partial charge in [-0.05, 0) is 20.5 Å². The first-order valence-electron chi connectivity index (χ1n) is 5.31. The summed E-state index contributed by atoms with van der Waals surface area (Å²) in [6, 6.07) is 0.462. The van der Waals surface area contributed by atoms with Crippen molar-refractivity contribution >= 4 is 5.91 Å². The Labute approximate surface area is 86.2 Å². The molecule has 0 saturated carbocycles. The van der Waals surface area contributed by atoms with Crippen molar-refractivity contribution in [3.63, 3.8) is 0 Å². The SMILES string of the molecule is CCCN1CC(CNC)N(C)CC1=O. The highest BCUT2D eigenvalue weighted by Gasteiger charge is 2.28. The molecular weight excluding hydrogens is 178 g/mol. The molecule has 1 amide bonds. The lowest BCUT2D eigenvalue weighted by atomic mass is 10.1. The van der Waals surface area contributed by atoms with Gasteiger partial charge in [-0.2, -0.15) is 0 Å². The quantitative estimate of drug-likeness (QED) is 0.678. The molecule has 1 rings (SSSR count). The number of piperazine rings is 1. The lowest BCUT2D eigenvalue weighted by Gasteiger charge is -2.38. The van der Waals surface area contributed by atoms with Crippen LogP contribution in [0, 0.1) is 0 Å². The van der Waals surface area contributed by atoms with Gasteiger partial charge in [-0.3, -0.25) is 9.69 Å². The van der Waals surface area contributed by atoms with E-state index in [0.29, 0.717) is 12.6 Å². The highest BCUT2D eigenvalue weighted by Crippen LogP contribution is 2.08. The number of nitrogens with one attached hydrogen (secondary N) is 1. The number of hydrogen-bond acceptors (Lipinski definition) is 3. The van der Waals surface area contributed by atoms with E-state index in [1.165, 1.54) is 0 Å². The van der Waals surface area contributed by atoms with Crippen LogP contribution in [0.15, 0.2) is 0 Å². The maximum Gasteiger partial charge on any atom is 0.236 e. The third kappa shape index (κ3) is 2.69. The summed E-state index contributed by atoms with van der Waals surface area (Å²) in [7, 11) is 3.97. The Morgan fingerprint density at radius 2 is 2.29 bits per heavy atom. The minimum atomic E-state index is 0.265. The molecule has 0 aromatic carbocycles. The second-order valence-corrected chi connectivity index (χ2v) is 3.97. The van der Waals surface area contributed by atoms with Gasteiger partial charge in [-0.25, -0.2) is 0 Å². The molecule has 0 aromatic rings. The number of carbonyl (C=O) groups excluding carboxylic acids is 1. The molecule has 14 heavy (non-hydrogen) atoms. The Balaban J connectivity index is 2.51. The number of carbonyl (C=O) groups is 1. The van der Waals surface area contributed by atoms with Crippen LogP contribution < -0.4 is 5.32 Å². The van der Waals surface area contributed by atoms with Crippen molar-refractivity contribution < 1.29 is 4.79 Å². The first kappa shape index (κ1) is 11.5. The van der Waals surface area contributed by atoms with Crippen LogP contribution >= 0.6 is 0 Å². The van der Waals surface area contributed by atoms with Crippen LogP contribution in [0.5, 0.6) is 0 Å². The van der Waals surface area contributed by atoms with Crippen LogP contribution in [-0.2, 0) is 4.79 Å². The number of likely N-dealkylation sites (N-methyl/N-ethyl adjacent to an activating group) is 2. The summed E-state index contributed by atoms with van der Waals surface area (Å²) in [5.74, 6) is 0.265. The Kier molecular flexibility index (Phi) is 4.35. The zero-order valence-corrected chi connectivity index (χ0v) is 9.42. The van der Waals surface area contributed by atoms with E-state index in [2.05, 4.69) is 17.1 Å².